The number of hydrogen-bond acceptors (Lipinski definition) is 3. The summed E-state index contributed by atoms with van der Waals surface area (Å²) in [6.07, 6.45) is 10.8. The van der Waals surface area contributed by atoms with Crippen LogP contribution >= 0.6 is 0 Å². The summed E-state index contributed by atoms with van der Waals surface area (Å²) < 4.78 is 3.75. The van der Waals surface area contributed by atoms with E-state index in [4.69, 9.17) is 0 Å². The number of aromatic nitrogens is 4. The van der Waals surface area contributed by atoms with Gasteiger partial charge in [0.2, 0.25) is 0 Å². The predicted octanol–water partition coefficient (Wildman–Crippen LogP) is 3.37. The second-order valence-electron chi connectivity index (χ2n) is 7.70. The molecule has 1 aromatic carbocycles. The molecule has 6 nitrogen and oxygen atoms in total. The first-order valence-corrected chi connectivity index (χ1v) is 9.74. The molecule has 1 fully saturated rings. The molecular formula is C22H23N5O. The Kier molecular flexibility index (Phi) is 3.93. The van der Waals surface area contributed by atoms with E-state index in [2.05, 4.69) is 27.2 Å². The highest BCUT2D eigenvalue weighted by Gasteiger charge is 2.40. The molecule has 0 aliphatic carbocycles. The van der Waals surface area contributed by atoms with Crippen LogP contribution in [0.25, 0.3) is 11.3 Å². The number of aryl methyl sites for hydroxylation is 2. The molecule has 2 atom stereocenters. The maximum absolute atomic E-state index is 13.3. The topological polar surface area (TPSA) is 56.0 Å². The first-order chi connectivity index (χ1) is 13.6. The lowest BCUT2D eigenvalue weighted by molar-refractivity contribution is 0.0692. The predicted molar refractivity (Wildman–Crippen MR) is 107 cm³/mol. The second kappa shape index (κ2) is 6.48. The Balaban J connectivity index is 1.43. The fraction of sp³-hybridized carbons (Fsp3) is 0.318. The van der Waals surface area contributed by atoms with E-state index in [1.807, 2.05) is 60.0 Å². The van der Waals surface area contributed by atoms with E-state index in [0.717, 1.165) is 41.8 Å². The maximum atomic E-state index is 13.3. The normalized spacial score (nSPS) is 21.1. The SMILES string of the molecule is Cc1cc(C(=O)N2C3C=C(c4ccnn4C)CC2CC3)ccc1-n1cccn1. The van der Waals surface area contributed by atoms with Crippen LogP contribution in [0.1, 0.15) is 40.9 Å². The quantitative estimate of drug-likeness (QED) is 0.707. The molecule has 28 heavy (non-hydrogen) atoms. The van der Waals surface area contributed by atoms with Gasteiger partial charge in [-0.25, -0.2) is 4.68 Å². The zero-order valence-electron chi connectivity index (χ0n) is 16.1. The van der Waals surface area contributed by atoms with E-state index in [1.54, 1.807) is 6.20 Å². The molecule has 0 radical (unpaired) electrons. The van der Waals surface area contributed by atoms with Crippen molar-refractivity contribution in [2.45, 2.75) is 38.3 Å². The average molecular weight is 373 g/mol. The number of carbonyl (C=O) groups is 1. The smallest absolute Gasteiger partial charge is 0.254 e. The molecular weight excluding hydrogens is 350 g/mol. The first kappa shape index (κ1) is 17.0. The fourth-order valence-electron chi connectivity index (χ4n) is 4.63. The van der Waals surface area contributed by atoms with Gasteiger partial charge in [-0.3, -0.25) is 9.48 Å². The van der Waals surface area contributed by atoms with Gasteiger partial charge in [0.1, 0.15) is 0 Å². The molecule has 0 saturated carbocycles. The van der Waals surface area contributed by atoms with Crippen molar-refractivity contribution >= 4 is 11.5 Å². The molecule has 1 amide bonds. The van der Waals surface area contributed by atoms with E-state index in [-0.39, 0.29) is 18.0 Å². The Bertz CT molecular complexity index is 1060. The highest BCUT2D eigenvalue weighted by Crippen LogP contribution is 2.39. The van der Waals surface area contributed by atoms with Crippen LogP contribution in [0.4, 0.5) is 0 Å². The van der Waals surface area contributed by atoms with Crippen molar-refractivity contribution in [3.63, 3.8) is 0 Å². The highest BCUT2D eigenvalue weighted by molar-refractivity contribution is 5.96. The summed E-state index contributed by atoms with van der Waals surface area (Å²) in [5.41, 5.74) is 5.26. The van der Waals surface area contributed by atoms with Gasteiger partial charge in [0.15, 0.2) is 0 Å². The van der Waals surface area contributed by atoms with Gasteiger partial charge in [-0.2, -0.15) is 10.2 Å². The number of amides is 1. The third kappa shape index (κ3) is 2.68. The molecule has 142 valence electrons. The summed E-state index contributed by atoms with van der Waals surface area (Å²) in [7, 11) is 1.97. The third-order valence-corrected chi connectivity index (χ3v) is 5.97. The summed E-state index contributed by atoms with van der Waals surface area (Å²) in [4.78, 5) is 15.4. The summed E-state index contributed by atoms with van der Waals surface area (Å²) >= 11 is 0. The van der Waals surface area contributed by atoms with Crippen LogP contribution in [-0.4, -0.2) is 42.5 Å². The molecule has 0 N–H and O–H groups in total. The fourth-order valence-corrected chi connectivity index (χ4v) is 4.63. The first-order valence-electron chi connectivity index (χ1n) is 9.74. The monoisotopic (exact) mass is 373 g/mol. The molecule has 0 spiro atoms. The number of hydrogen-bond donors (Lipinski definition) is 0. The van der Waals surface area contributed by atoms with Gasteiger partial charge < -0.3 is 4.90 Å². The van der Waals surface area contributed by atoms with E-state index < -0.39 is 0 Å². The summed E-state index contributed by atoms with van der Waals surface area (Å²) in [5.74, 6) is 0.128. The Morgan fingerprint density at radius 1 is 1.14 bits per heavy atom. The third-order valence-electron chi connectivity index (χ3n) is 5.97. The van der Waals surface area contributed by atoms with Crippen LogP contribution in [0, 0.1) is 6.92 Å². The van der Waals surface area contributed by atoms with E-state index in [9.17, 15) is 4.79 Å². The summed E-state index contributed by atoms with van der Waals surface area (Å²) in [6, 6.07) is 10.3. The highest BCUT2D eigenvalue weighted by atomic mass is 16.2. The molecule has 5 rings (SSSR count). The van der Waals surface area contributed by atoms with Gasteiger partial charge in [0, 0.05) is 37.2 Å². The van der Waals surface area contributed by atoms with Crippen molar-refractivity contribution in [3.8, 4) is 5.69 Å². The minimum atomic E-state index is 0.128. The van der Waals surface area contributed by atoms with Crippen molar-refractivity contribution in [1.82, 2.24) is 24.5 Å². The van der Waals surface area contributed by atoms with Crippen molar-refractivity contribution in [1.29, 1.82) is 0 Å². The van der Waals surface area contributed by atoms with Gasteiger partial charge in [0.25, 0.3) is 5.91 Å². The largest absolute Gasteiger partial charge is 0.329 e. The minimum absolute atomic E-state index is 0.128. The Labute approximate surface area is 164 Å². The van der Waals surface area contributed by atoms with Crippen LogP contribution in [0.2, 0.25) is 0 Å². The molecule has 4 heterocycles. The van der Waals surface area contributed by atoms with Crippen molar-refractivity contribution in [2.24, 2.45) is 7.05 Å². The summed E-state index contributed by atoms with van der Waals surface area (Å²) in [5, 5.41) is 8.58. The van der Waals surface area contributed by atoms with Crippen LogP contribution in [0.15, 0.2) is 55.0 Å². The standard InChI is InChI=1S/C22H23N5O/c1-15-12-16(4-7-20(15)26-11-3-9-24-26)22(28)27-18-5-6-19(27)14-17(13-18)21-8-10-23-25(21)2/h3-4,7-13,18-19H,5-6,14H2,1-2H3. The van der Waals surface area contributed by atoms with E-state index in [1.165, 1.54) is 5.57 Å². The zero-order valence-corrected chi connectivity index (χ0v) is 16.1. The Morgan fingerprint density at radius 3 is 2.71 bits per heavy atom. The lowest BCUT2D eigenvalue weighted by Crippen LogP contribution is -2.43. The van der Waals surface area contributed by atoms with Crippen LogP contribution in [0.3, 0.4) is 0 Å². The van der Waals surface area contributed by atoms with E-state index >= 15 is 0 Å². The molecule has 3 aromatic rings. The molecule has 2 aromatic heterocycles. The van der Waals surface area contributed by atoms with Gasteiger partial charge in [-0.15, -0.1) is 0 Å². The van der Waals surface area contributed by atoms with Crippen LogP contribution < -0.4 is 0 Å². The van der Waals surface area contributed by atoms with Gasteiger partial charge >= 0.3 is 0 Å². The number of fused-ring (bicyclic) bond motifs is 2. The number of benzene rings is 1. The minimum Gasteiger partial charge on any atom is -0.329 e. The van der Waals surface area contributed by atoms with Gasteiger partial charge in [-0.05, 0) is 67.7 Å². The van der Waals surface area contributed by atoms with Crippen LogP contribution in [0.5, 0.6) is 0 Å². The lowest BCUT2D eigenvalue weighted by Gasteiger charge is -2.34. The molecule has 2 aliphatic rings. The van der Waals surface area contributed by atoms with Crippen molar-refractivity contribution < 1.29 is 4.79 Å². The van der Waals surface area contributed by atoms with Gasteiger partial charge in [-0.1, -0.05) is 6.08 Å². The van der Waals surface area contributed by atoms with E-state index in [0.29, 0.717) is 0 Å². The van der Waals surface area contributed by atoms with Gasteiger partial charge in [0.05, 0.1) is 17.4 Å². The molecule has 1 saturated heterocycles. The number of carbonyl (C=O) groups excluding carboxylic acids is 1. The lowest BCUT2D eigenvalue weighted by atomic mass is 9.97. The molecule has 2 bridgehead atoms. The van der Waals surface area contributed by atoms with Crippen LogP contribution in [-0.2, 0) is 7.05 Å². The average Bonchev–Trinajstić information content (AvgIpc) is 3.41. The van der Waals surface area contributed by atoms with Crippen molar-refractivity contribution in [2.75, 3.05) is 0 Å². The Morgan fingerprint density at radius 2 is 2.04 bits per heavy atom. The van der Waals surface area contributed by atoms with Crippen molar-refractivity contribution in [3.05, 3.63) is 71.8 Å². The Hall–Kier alpha value is -3.15. The number of nitrogens with zero attached hydrogens (tertiary/aromatic N) is 5. The maximum Gasteiger partial charge on any atom is 0.254 e. The number of rotatable bonds is 3. The summed E-state index contributed by atoms with van der Waals surface area (Å²) in [6.45, 7) is 2.03. The molecule has 2 unspecified atom stereocenters. The zero-order chi connectivity index (χ0) is 19.3. The second-order valence-corrected chi connectivity index (χ2v) is 7.70. The molecule has 6 heteroatoms. The molecule has 2 aliphatic heterocycles.